The first kappa shape index (κ1) is 34.9. The van der Waals surface area contributed by atoms with Gasteiger partial charge in [0.15, 0.2) is 0 Å². The summed E-state index contributed by atoms with van der Waals surface area (Å²) in [4.78, 5) is 12.5. The number of rotatable bonds is 17. The highest BCUT2D eigenvalue weighted by molar-refractivity contribution is 5.60. The molecule has 248 valence electrons. The zero-order valence-electron chi connectivity index (χ0n) is 29.4. The molecule has 0 unspecified atom stereocenters. The van der Waals surface area contributed by atoms with Gasteiger partial charge in [-0.05, 0) is 97.7 Å². The lowest BCUT2D eigenvalue weighted by Crippen LogP contribution is -2.51. The molecule has 0 N–H and O–H groups in total. The monoisotopic (exact) mass is 599 g/mol. The van der Waals surface area contributed by atoms with E-state index in [1.165, 1.54) is 103 Å². The fourth-order valence-electron chi connectivity index (χ4n) is 10.7. The Bertz CT molecular complexity index is 877. The van der Waals surface area contributed by atoms with Gasteiger partial charge in [0.05, 0.1) is 6.61 Å². The molecule has 0 amide bonds. The lowest BCUT2D eigenvalue weighted by atomic mass is 9.47. The molecule has 0 heterocycles. The van der Waals surface area contributed by atoms with Crippen LogP contribution in [0, 0.1) is 46.3 Å². The van der Waals surface area contributed by atoms with Gasteiger partial charge in [-0.3, -0.25) is 0 Å². The molecule has 4 aliphatic carbocycles. The highest BCUT2D eigenvalue weighted by atomic mass is 16.7. The molecule has 3 saturated carbocycles. The summed E-state index contributed by atoms with van der Waals surface area (Å²) in [7, 11) is 0. The van der Waals surface area contributed by atoms with E-state index in [2.05, 4.69) is 47.6 Å². The van der Waals surface area contributed by atoms with E-state index in [4.69, 9.17) is 9.47 Å². The number of ether oxygens (including phenoxy) is 2. The maximum atomic E-state index is 12.5. The summed E-state index contributed by atoms with van der Waals surface area (Å²) in [5, 5.41) is 0. The summed E-state index contributed by atoms with van der Waals surface area (Å²) in [5.41, 5.74) is 2.43. The van der Waals surface area contributed by atoms with E-state index in [9.17, 15) is 4.79 Å². The molecule has 0 radical (unpaired) electrons. The summed E-state index contributed by atoms with van der Waals surface area (Å²) in [6.07, 6.45) is 29.3. The van der Waals surface area contributed by atoms with Gasteiger partial charge in [-0.25, -0.2) is 4.79 Å². The molecular formula is C40H70O3. The van der Waals surface area contributed by atoms with Crippen LogP contribution in [-0.2, 0) is 9.47 Å². The smallest absolute Gasteiger partial charge is 0.434 e. The van der Waals surface area contributed by atoms with Crippen LogP contribution in [0.3, 0.4) is 0 Å². The van der Waals surface area contributed by atoms with Crippen molar-refractivity contribution in [2.24, 2.45) is 46.3 Å². The first-order chi connectivity index (χ1) is 20.7. The van der Waals surface area contributed by atoms with Crippen molar-refractivity contribution in [3.05, 3.63) is 11.6 Å². The van der Waals surface area contributed by atoms with E-state index in [0.29, 0.717) is 17.4 Å². The molecular weight excluding hydrogens is 528 g/mol. The Balaban J connectivity index is 1.19. The third kappa shape index (κ3) is 8.84. The second-order valence-corrected chi connectivity index (χ2v) is 16.6. The van der Waals surface area contributed by atoms with Gasteiger partial charge in [0.25, 0.3) is 0 Å². The van der Waals surface area contributed by atoms with Crippen molar-refractivity contribution in [3.8, 4) is 0 Å². The van der Waals surface area contributed by atoms with E-state index in [1.807, 2.05) is 0 Å². The molecule has 0 aromatic heterocycles. The topological polar surface area (TPSA) is 35.5 Å². The number of carbonyl (C=O) groups excluding carboxylic acids is 1. The molecule has 0 bridgehead atoms. The van der Waals surface area contributed by atoms with Crippen LogP contribution in [-0.4, -0.2) is 18.9 Å². The Hall–Kier alpha value is -0.990. The van der Waals surface area contributed by atoms with Gasteiger partial charge in [-0.2, -0.15) is 0 Å². The summed E-state index contributed by atoms with van der Waals surface area (Å²) >= 11 is 0. The van der Waals surface area contributed by atoms with Gasteiger partial charge in [-0.15, -0.1) is 0 Å². The van der Waals surface area contributed by atoms with Crippen LogP contribution in [0.4, 0.5) is 4.79 Å². The van der Waals surface area contributed by atoms with Gasteiger partial charge in [0.2, 0.25) is 0 Å². The van der Waals surface area contributed by atoms with Gasteiger partial charge in [0, 0.05) is 6.42 Å². The van der Waals surface area contributed by atoms with E-state index in [0.717, 1.165) is 67.6 Å². The van der Waals surface area contributed by atoms with Crippen molar-refractivity contribution in [2.45, 2.75) is 182 Å². The quantitative estimate of drug-likeness (QED) is 0.0949. The summed E-state index contributed by atoms with van der Waals surface area (Å²) in [6, 6.07) is 0. The van der Waals surface area contributed by atoms with Crippen molar-refractivity contribution < 1.29 is 14.3 Å². The van der Waals surface area contributed by atoms with Crippen LogP contribution in [0.5, 0.6) is 0 Å². The molecule has 0 aliphatic heterocycles. The minimum atomic E-state index is -0.438. The van der Waals surface area contributed by atoms with Crippen LogP contribution >= 0.6 is 0 Å². The van der Waals surface area contributed by atoms with Gasteiger partial charge in [0.1, 0.15) is 6.10 Å². The molecule has 3 nitrogen and oxygen atoms in total. The Morgan fingerprint density at radius 3 is 2.23 bits per heavy atom. The maximum Gasteiger partial charge on any atom is 0.508 e. The maximum absolute atomic E-state index is 12.5. The highest BCUT2D eigenvalue weighted by Crippen LogP contribution is 2.67. The normalized spacial score (nSPS) is 34.2. The lowest BCUT2D eigenvalue weighted by Gasteiger charge is -2.58. The lowest BCUT2D eigenvalue weighted by molar-refractivity contribution is -0.0617. The second kappa shape index (κ2) is 16.5. The minimum Gasteiger partial charge on any atom is -0.434 e. The predicted octanol–water partition coefficient (Wildman–Crippen LogP) is 12.5. The Morgan fingerprint density at radius 2 is 1.53 bits per heavy atom. The van der Waals surface area contributed by atoms with Crippen LogP contribution in [0.25, 0.3) is 0 Å². The average molecular weight is 599 g/mol. The van der Waals surface area contributed by atoms with E-state index in [1.54, 1.807) is 5.57 Å². The van der Waals surface area contributed by atoms with Gasteiger partial charge in [-0.1, -0.05) is 130 Å². The predicted molar refractivity (Wildman–Crippen MR) is 181 cm³/mol. The SMILES string of the molecule is CCCCCCCCCCCCOC(=O)O[C@@H]1CC[C@@]2(C)C(=CC[C@H]3[C@@H]4CC[C@H]([C@H](C)CCCC(C)C)[C@@]4(C)CC[C@@H]32)C1. The molecule has 0 saturated heterocycles. The van der Waals surface area contributed by atoms with Crippen LogP contribution in [0.15, 0.2) is 11.6 Å². The zero-order valence-corrected chi connectivity index (χ0v) is 29.4. The molecule has 3 fully saturated rings. The third-order valence-corrected chi connectivity index (χ3v) is 13.2. The van der Waals surface area contributed by atoms with Crippen molar-refractivity contribution in [1.29, 1.82) is 0 Å². The minimum absolute atomic E-state index is 0.00695. The molecule has 3 heteroatoms. The van der Waals surface area contributed by atoms with Gasteiger partial charge < -0.3 is 9.47 Å². The summed E-state index contributed by atoms with van der Waals surface area (Å²) < 4.78 is 11.4. The molecule has 0 aromatic rings. The molecule has 0 spiro atoms. The molecule has 0 aromatic carbocycles. The molecule has 8 atom stereocenters. The molecule has 43 heavy (non-hydrogen) atoms. The average Bonchev–Trinajstić information content (AvgIpc) is 3.33. The largest absolute Gasteiger partial charge is 0.508 e. The summed E-state index contributed by atoms with van der Waals surface area (Å²) in [5.74, 6) is 5.17. The highest BCUT2D eigenvalue weighted by Gasteiger charge is 2.59. The Morgan fingerprint density at radius 1 is 0.837 bits per heavy atom. The number of hydrogen-bond acceptors (Lipinski definition) is 3. The van der Waals surface area contributed by atoms with Gasteiger partial charge >= 0.3 is 6.16 Å². The number of unbranched alkanes of at least 4 members (excludes halogenated alkanes) is 9. The van der Waals surface area contributed by atoms with Crippen molar-refractivity contribution in [2.75, 3.05) is 6.61 Å². The third-order valence-electron chi connectivity index (χ3n) is 13.2. The molecule has 4 rings (SSSR count). The van der Waals surface area contributed by atoms with Crippen LogP contribution in [0.2, 0.25) is 0 Å². The van der Waals surface area contributed by atoms with Crippen molar-refractivity contribution >= 4 is 6.16 Å². The number of allylic oxidation sites excluding steroid dienone is 1. The number of carbonyl (C=O) groups is 1. The van der Waals surface area contributed by atoms with Crippen LogP contribution in [0.1, 0.15) is 176 Å². The van der Waals surface area contributed by atoms with E-state index >= 15 is 0 Å². The fourth-order valence-corrected chi connectivity index (χ4v) is 10.7. The standard InChI is InChI=1S/C40H70O3/c1-7-8-9-10-11-12-13-14-15-16-28-42-38(41)43-33-24-26-39(5)32(29-33)20-21-34-36-23-22-35(31(4)19-17-18-30(2)3)40(36,6)27-25-37(34)39/h20,30-31,33-37H,7-19,21-29H2,1-6H3/t31-,33-,34+,35-,36+,37+,39+,40-/m1/s1. The van der Waals surface area contributed by atoms with Crippen molar-refractivity contribution in [1.82, 2.24) is 0 Å². The van der Waals surface area contributed by atoms with E-state index in [-0.39, 0.29) is 6.10 Å². The Labute approximate surface area is 267 Å². The zero-order chi connectivity index (χ0) is 30.9. The fraction of sp³-hybridized carbons (Fsp3) is 0.925. The number of hydrogen-bond donors (Lipinski definition) is 0. The first-order valence-electron chi connectivity index (χ1n) is 19.2. The Kier molecular flexibility index (Phi) is 13.4. The van der Waals surface area contributed by atoms with Crippen molar-refractivity contribution in [3.63, 3.8) is 0 Å². The number of fused-ring (bicyclic) bond motifs is 5. The molecule has 4 aliphatic rings. The first-order valence-corrected chi connectivity index (χ1v) is 19.2. The second-order valence-electron chi connectivity index (χ2n) is 16.6. The van der Waals surface area contributed by atoms with E-state index < -0.39 is 6.16 Å². The van der Waals surface area contributed by atoms with Crippen LogP contribution < -0.4 is 0 Å². The summed E-state index contributed by atoms with van der Waals surface area (Å²) in [6.45, 7) is 15.4.